The van der Waals surface area contributed by atoms with Gasteiger partial charge < -0.3 is 20.1 Å². The number of carbonyl (C=O) groups excluding carboxylic acids is 1. The lowest BCUT2D eigenvalue weighted by Gasteiger charge is -2.38. The Bertz CT molecular complexity index is 494. The van der Waals surface area contributed by atoms with E-state index in [1.807, 2.05) is 17.0 Å². The lowest BCUT2D eigenvalue weighted by atomic mass is 10.0. The summed E-state index contributed by atoms with van der Waals surface area (Å²) in [4.78, 5) is 17.2. The van der Waals surface area contributed by atoms with Crippen molar-refractivity contribution in [1.82, 2.24) is 15.1 Å². The molecule has 0 saturated carbocycles. The van der Waals surface area contributed by atoms with Crippen molar-refractivity contribution in [3.8, 4) is 5.75 Å². The molecule has 1 atom stereocenters. The highest BCUT2D eigenvalue weighted by atomic mass is 16.5. The Labute approximate surface area is 130 Å². The first-order valence-electron chi connectivity index (χ1n) is 7.86. The van der Waals surface area contributed by atoms with E-state index in [9.17, 15) is 9.90 Å². The van der Waals surface area contributed by atoms with Gasteiger partial charge in [-0.05, 0) is 17.7 Å². The summed E-state index contributed by atoms with van der Waals surface area (Å²) in [6.07, 6.45) is 0. The summed E-state index contributed by atoms with van der Waals surface area (Å²) in [5.41, 5.74) is 0.934. The van der Waals surface area contributed by atoms with Gasteiger partial charge in [-0.2, -0.15) is 0 Å². The molecule has 1 unspecified atom stereocenters. The zero-order valence-corrected chi connectivity index (χ0v) is 12.7. The van der Waals surface area contributed by atoms with Gasteiger partial charge in [0.05, 0.1) is 13.2 Å². The Morgan fingerprint density at radius 2 is 1.73 bits per heavy atom. The normalized spacial score (nSPS) is 21.5. The third-order valence-corrected chi connectivity index (χ3v) is 4.28. The van der Waals surface area contributed by atoms with Crippen LogP contribution in [-0.2, 0) is 9.53 Å². The molecule has 3 rings (SSSR count). The molecular formula is C16H23N3O3. The third-order valence-electron chi connectivity index (χ3n) is 4.28. The van der Waals surface area contributed by atoms with Crippen LogP contribution in [0.3, 0.4) is 0 Å². The summed E-state index contributed by atoms with van der Waals surface area (Å²) < 4.78 is 5.41. The molecule has 2 N–H and O–H groups in total. The first-order chi connectivity index (χ1) is 10.8. The number of benzene rings is 1. The van der Waals surface area contributed by atoms with Gasteiger partial charge in [0.15, 0.2) is 0 Å². The molecule has 120 valence electrons. The second kappa shape index (κ2) is 7.09. The van der Waals surface area contributed by atoms with Crippen LogP contribution in [0.15, 0.2) is 24.3 Å². The van der Waals surface area contributed by atoms with Crippen molar-refractivity contribution < 1.29 is 14.6 Å². The zero-order chi connectivity index (χ0) is 15.4. The number of piperazine rings is 1. The van der Waals surface area contributed by atoms with Crippen molar-refractivity contribution in [3.05, 3.63) is 29.8 Å². The molecule has 6 nitrogen and oxygen atoms in total. The monoisotopic (exact) mass is 305 g/mol. The topological polar surface area (TPSA) is 65.0 Å². The smallest absolute Gasteiger partial charge is 0.244 e. The number of morpholine rings is 1. The van der Waals surface area contributed by atoms with Crippen molar-refractivity contribution >= 4 is 5.91 Å². The van der Waals surface area contributed by atoms with Crippen LogP contribution in [0.2, 0.25) is 0 Å². The van der Waals surface area contributed by atoms with E-state index < -0.39 is 0 Å². The van der Waals surface area contributed by atoms with Crippen molar-refractivity contribution in [2.45, 2.75) is 6.04 Å². The molecule has 2 aliphatic heterocycles. The second-order valence-corrected chi connectivity index (χ2v) is 5.72. The van der Waals surface area contributed by atoms with Gasteiger partial charge in [-0.1, -0.05) is 12.1 Å². The fourth-order valence-corrected chi connectivity index (χ4v) is 3.06. The second-order valence-electron chi connectivity index (χ2n) is 5.72. The van der Waals surface area contributed by atoms with Crippen LogP contribution in [0.1, 0.15) is 11.6 Å². The van der Waals surface area contributed by atoms with Gasteiger partial charge in [0.25, 0.3) is 0 Å². The molecule has 6 heteroatoms. The van der Waals surface area contributed by atoms with E-state index in [4.69, 9.17) is 4.74 Å². The van der Waals surface area contributed by atoms with Gasteiger partial charge in [0.1, 0.15) is 11.8 Å². The summed E-state index contributed by atoms with van der Waals surface area (Å²) in [6.45, 7) is 6.00. The molecule has 0 radical (unpaired) electrons. The number of aromatic hydroxyl groups is 1. The lowest BCUT2D eigenvalue weighted by molar-refractivity contribution is -0.139. The van der Waals surface area contributed by atoms with Gasteiger partial charge in [-0.15, -0.1) is 0 Å². The maximum absolute atomic E-state index is 13.0. The maximum Gasteiger partial charge on any atom is 0.244 e. The van der Waals surface area contributed by atoms with Gasteiger partial charge >= 0.3 is 0 Å². The number of carbonyl (C=O) groups is 1. The van der Waals surface area contributed by atoms with Crippen LogP contribution in [0.25, 0.3) is 0 Å². The molecular weight excluding hydrogens is 282 g/mol. The van der Waals surface area contributed by atoms with Crippen molar-refractivity contribution in [1.29, 1.82) is 0 Å². The minimum atomic E-state index is -0.289. The van der Waals surface area contributed by atoms with E-state index in [-0.39, 0.29) is 17.7 Å². The molecule has 2 heterocycles. The van der Waals surface area contributed by atoms with E-state index >= 15 is 0 Å². The van der Waals surface area contributed by atoms with Gasteiger partial charge in [-0.25, -0.2) is 0 Å². The number of amides is 1. The molecule has 2 fully saturated rings. The molecule has 1 aromatic carbocycles. The molecule has 0 bridgehead atoms. The summed E-state index contributed by atoms with van der Waals surface area (Å²) in [5.74, 6) is 0.369. The van der Waals surface area contributed by atoms with Crippen molar-refractivity contribution in [2.24, 2.45) is 0 Å². The molecule has 2 aliphatic rings. The minimum absolute atomic E-state index is 0.147. The van der Waals surface area contributed by atoms with Gasteiger partial charge in [0.2, 0.25) is 5.91 Å². The molecule has 1 aromatic rings. The predicted molar refractivity (Wildman–Crippen MR) is 82.7 cm³/mol. The van der Waals surface area contributed by atoms with Crippen LogP contribution in [-0.4, -0.2) is 73.3 Å². The number of nitrogens with zero attached hydrogens (tertiary/aromatic N) is 2. The standard InChI is InChI=1S/C16H23N3O3/c20-14-3-1-13(2-4-14)15(18-9-11-22-12-10-18)16(21)19-7-5-17-6-8-19/h1-4,15,17,20H,5-12H2. The average molecular weight is 305 g/mol. The van der Waals surface area contributed by atoms with Crippen molar-refractivity contribution in [2.75, 3.05) is 52.5 Å². The molecule has 0 spiro atoms. The van der Waals surface area contributed by atoms with E-state index in [2.05, 4.69) is 10.2 Å². The largest absolute Gasteiger partial charge is 0.508 e. The third kappa shape index (κ3) is 3.40. The first kappa shape index (κ1) is 15.3. The summed E-state index contributed by atoms with van der Waals surface area (Å²) in [6, 6.07) is 6.69. The molecule has 0 aromatic heterocycles. The Morgan fingerprint density at radius 1 is 1.09 bits per heavy atom. The van der Waals surface area contributed by atoms with Gasteiger partial charge in [-0.3, -0.25) is 9.69 Å². The lowest BCUT2D eigenvalue weighted by Crippen LogP contribution is -2.52. The Hall–Kier alpha value is -1.63. The number of nitrogens with one attached hydrogen (secondary N) is 1. The zero-order valence-electron chi connectivity index (χ0n) is 12.7. The Balaban J connectivity index is 1.84. The highest BCUT2D eigenvalue weighted by Gasteiger charge is 2.32. The SMILES string of the molecule is O=C(C(c1ccc(O)cc1)N1CCOCC1)N1CCNCC1. The van der Waals surface area contributed by atoms with Gasteiger partial charge in [0, 0.05) is 39.3 Å². The fourth-order valence-electron chi connectivity index (χ4n) is 3.06. The average Bonchev–Trinajstić information content (AvgIpc) is 2.58. The first-order valence-corrected chi connectivity index (χ1v) is 7.86. The summed E-state index contributed by atoms with van der Waals surface area (Å²) in [7, 11) is 0. The van der Waals surface area contributed by atoms with E-state index in [1.54, 1.807) is 12.1 Å². The van der Waals surface area contributed by atoms with Crippen LogP contribution in [0.4, 0.5) is 0 Å². The maximum atomic E-state index is 13.0. The molecule has 1 amide bonds. The Kier molecular flexibility index (Phi) is 4.92. The molecule has 0 aliphatic carbocycles. The number of hydrogen-bond acceptors (Lipinski definition) is 5. The summed E-state index contributed by atoms with van der Waals surface area (Å²) >= 11 is 0. The van der Waals surface area contributed by atoms with E-state index in [1.165, 1.54) is 0 Å². The molecule has 2 saturated heterocycles. The fraction of sp³-hybridized carbons (Fsp3) is 0.562. The number of rotatable bonds is 3. The predicted octanol–water partition coefficient (Wildman–Crippen LogP) is 0.197. The van der Waals surface area contributed by atoms with Crippen molar-refractivity contribution in [3.63, 3.8) is 0 Å². The van der Waals surface area contributed by atoms with Crippen LogP contribution < -0.4 is 5.32 Å². The number of phenolic OH excluding ortho intramolecular Hbond substituents is 1. The van der Waals surface area contributed by atoms with E-state index in [0.29, 0.717) is 13.2 Å². The van der Waals surface area contributed by atoms with E-state index in [0.717, 1.165) is 44.8 Å². The quantitative estimate of drug-likeness (QED) is 0.835. The van der Waals surface area contributed by atoms with Crippen LogP contribution in [0, 0.1) is 0 Å². The van der Waals surface area contributed by atoms with Crippen LogP contribution in [0.5, 0.6) is 5.75 Å². The van der Waals surface area contributed by atoms with Crippen LogP contribution >= 0.6 is 0 Å². The minimum Gasteiger partial charge on any atom is -0.508 e. The highest BCUT2D eigenvalue weighted by Crippen LogP contribution is 2.26. The summed E-state index contributed by atoms with van der Waals surface area (Å²) in [5, 5.41) is 12.8. The number of phenols is 1. The highest BCUT2D eigenvalue weighted by molar-refractivity contribution is 5.83. The Morgan fingerprint density at radius 3 is 2.36 bits per heavy atom. The molecule has 22 heavy (non-hydrogen) atoms. The number of hydrogen-bond donors (Lipinski definition) is 2. The number of ether oxygens (including phenoxy) is 1.